The second kappa shape index (κ2) is 8.09. The zero-order valence-corrected chi connectivity index (χ0v) is 10.8. The van der Waals surface area contributed by atoms with Crippen LogP contribution in [0, 0.1) is 5.92 Å². The van der Waals surface area contributed by atoms with Gasteiger partial charge in [0.2, 0.25) is 0 Å². The Hall–Kier alpha value is -1.06. The maximum absolute atomic E-state index is 8.82. The Morgan fingerprint density at radius 3 is 2.82 bits per heavy atom. The molecular weight excluding hydrogens is 214 g/mol. The van der Waals surface area contributed by atoms with E-state index in [1.54, 1.807) is 0 Å². The van der Waals surface area contributed by atoms with E-state index in [1.165, 1.54) is 5.56 Å². The molecule has 3 nitrogen and oxygen atoms in total. The largest absolute Gasteiger partial charge is 0.494 e. The molecule has 0 saturated heterocycles. The number of rotatable bonds is 8. The van der Waals surface area contributed by atoms with Crippen LogP contribution < -0.4 is 10.1 Å². The smallest absolute Gasteiger partial charge is 0.123 e. The van der Waals surface area contributed by atoms with E-state index in [0.717, 1.165) is 25.3 Å². The molecule has 0 aliphatic carbocycles. The van der Waals surface area contributed by atoms with Gasteiger partial charge >= 0.3 is 0 Å². The lowest BCUT2D eigenvalue weighted by atomic mass is 10.1. The highest BCUT2D eigenvalue weighted by Gasteiger charge is 2.04. The van der Waals surface area contributed by atoms with Crippen molar-refractivity contribution in [1.29, 1.82) is 0 Å². The lowest BCUT2D eigenvalue weighted by Gasteiger charge is -2.13. The summed E-state index contributed by atoms with van der Waals surface area (Å²) < 4.78 is 5.56. The average molecular weight is 237 g/mol. The van der Waals surface area contributed by atoms with Crippen LogP contribution in [0.5, 0.6) is 5.75 Å². The zero-order valence-electron chi connectivity index (χ0n) is 10.8. The van der Waals surface area contributed by atoms with Crippen molar-refractivity contribution < 1.29 is 9.84 Å². The van der Waals surface area contributed by atoms with Gasteiger partial charge in [0.1, 0.15) is 5.75 Å². The van der Waals surface area contributed by atoms with E-state index < -0.39 is 0 Å². The molecule has 0 radical (unpaired) electrons. The maximum atomic E-state index is 8.82. The first kappa shape index (κ1) is 14.0. The van der Waals surface area contributed by atoms with Gasteiger partial charge < -0.3 is 15.2 Å². The second-order valence-corrected chi connectivity index (χ2v) is 4.29. The van der Waals surface area contributed by atoms with Crippen LogP contribution >= 0.6 is 0 Å². The number of aliphatic hydroxyl groups excluding tert-OH is 1. The summed E-state index contributed by atoms with van der Waals surface area (Å²) in [6, 6.07) is 8.09. The number of hydrogen-bond acceptors (Lipinski definition) is 3. The Morgan fingerprint density at radius 1 is 1.35 bits per heavy atom. The van der Waals surface area contributed by atoms with Gasteiger partial charge in [-0.05, 0) is 31.9 Å². The minimum atomic E-state index is 0.262. The summed E-state index contributed by atoms with van der Waals surface area (Å²) in [7, 11) is 0. The molecule has 0 heterocycles. The molecule has 3 heteroatoms. The highest BCUT2D eigenvalue weighted by Crippen LogP contribution is 2.17. The van der Waals surface area contributed by atoms with Gasteiger partial charge in [0, 0.05) is 18.7 Å². The van der Waals surface area contributed by atoms with Crippen LogP contribution in [0.3, 0.4) is 0 Å². The molecule has 0 aliphatic heterocycles. The van der Waals surface area contributed by atoms with E-state index in [2.05, 4.69) is 18.3 Å². The SMILES string of the molecule is CCOc1ccccc1CNCC(C)CCO. The molecule has 1 rings (SSSR count). The zero-order chi connectivity index (χ0) is 12.5. The summed E-state index contributed by atoms with van der Waals surface area (Å²) in [4.78, 5) is 0. The average Bonchev–Trinajstić information content (AvgIpc) is 2.32. The van der Waals surface area contributed by atoms with Gasteiger partial charge in [0.25, 0.3) is 0 Å². The normalized spacial score (nSPS) is 12.4. The number of hydrogen-bond donors (Lipinski definition) is 2. The third-order valence-electron chi connectivity index (χ3n) is 2.70. The molecule has 1 unspecified atom stereocenters. The van der Waals surface area contributed by atoms with Crippen LogP contribution in [0.15, 0.2) is 24.3 Å². The summed E-state index contributed by atoms with van der Waals surface area (Å²) in [6.07, 6.45) is 0.847. The number of aliphatic hydroxyl groups is 1. The van der Waals surface area contributed by atoms with E-state index in [1.807, 2.05) is 25.1 Å². The molecule has 0 amide bonds. The fourth-order valence-corrected chi connectivity index (χ4v) is 1.72. The monoisotopic (exact) mass is 237 g/mol. The third kappa shape index (κ3) is 5.20. The summed E-state index contributed by atoms with van der Waals surface area (Å²) >= 11 is 0. The first-order valence-electron chi connectivity index (χ1n) is 6.30. The van der Waals surface area contributed by atoms with E-state index in [0.29, 0.717) is 12.5 Å². The van der Waals surface area contributed by atoms with Gasteiger partial charge in [-0.25, -0.2) is 0 Å². The lowest BCUT2D eigenvalue weighted by molar-refractivity contribution is 0.260. The summed E-state index contributed by atoms with van der Waals surface area (Å²) in [6.45, 7) is 6.81. The number of para-hydroxylation sites is 1. The highest BCUT2D eigenvalue weighted by atomic mass is 16.5. The van der Waals surface area contributed by atoms with Crippen molar-refractivity contribution in [1.82, 2.24) is 5.32 Å². The Kier molecular flexibility index (Phi) is 6.67. The molecule has 2 N–H and O–H groups in total. The van der Waals surface area contributed by atoms with Gasteiger partial charge in [-0.3, -0.25) is 0 Å². The van der Waals surface area contributed by atoms with Crippen LogP contribution in [0.2, 0.25) is 0 Å². The molecule has 17 heavy (non-hydrogen) atoms. The second-order valence-electron chi connectivity index (χ2n) is 4.29. The lowest BCUT2D eigenvalue weighted by Crippen LogP contribution is -2.21. The number of ether oxygens (including phenoxy) is 1. The Bertz CT molecular complexity index is 315. The molecule has 1 aromatic rings. The molecule has 0 aliphatic rings. The van der Waals surface area contributed by atoms with Crippen molar-refractivity contribution in [2.75, 3.05) is 19.8 Å². The standard InChI is InChI=1S/C14H23NO2/c1-3-17-14-7-5-4-6-13(14)11-15-10-12(2)8-9-16/h4-7,12,15-16H,3,8-11H2,1-2H3. The molecule has 0 bridgehead atoms. The number of nitrogens with one attached hydrogen (secondary N) is 1. The fraction of sp³-hybridized carbons (Fsp3) is 0.571. The Balaban J connectivity index is 2.40. The van der Waals surface area contributed by atoms with Gasteiger partial charge in [-0.15, -0.1) is 0 Å². The van der Waals surface area contributed by atoms with Gasteiger partial charge in [-0.2, -0.15) is 0 Å². The van der Waals surface area contributed by atoms with Crippen molar-refractivity contribution >= 4 is 0 Å². The summed E-state index contributed by atoms with van der Waals surface area (Å²) in [5, 5.41) is 12.2. The summed E-state index contributed by atoms with van der Waals surface area (Å²) in [5.41, 5.74) is 1.19. The van der Waals surface area contributed by atoms with E-state index in [9.17, 15) is 0 Å². The number of benzene rings is 1. The van der Waals surface area contributed by atoms with Crippen molar-refractivity contribution in [3.8, 4) is 5.75 Å². The fourth-order valence-electron chi connectivity index (χ4n) is 1.72. The van der Waals surface area contributed by atoms with Crippen LogP contribution in [0.1, 0.15) is 25.8 Å². The molecule has 0 aromatic heterocycles. The molecule has 0 saturated carbocycles. The van der Waals surface area contributed by atoms with Crippen molar-refractivity contribution in [2.24, 2.45) is 5.92 Å². The predicted molar refractivity (Wildman–Crippen MR) is 70.2 cm³/mol. The minimum Gasteiger partial charge on any atom is -0.494 e. The molecule has 0 spiro atoms. The predicted octanol–water partition coefficient (Wildman–Crippen LogP) is 2.19. The van der Waals surface area contributed by atoms with Crippen LogP contribution in [-0.2, 0) is 6.54 Å². The minimum absolute atomic E-state index is 0.262. The Morgan fingerprint density at radius 2 is 2.12 bits per heavy atom. The van der Waals surface area contributed by atoms with E-state index >= 15 is 0 Å². The first-order chi connectivity index (χ1) is 8.27. The molecule has 0 fully saturated rings. The van der Waals surface area contributed by atoms with Crippen LogP contribution in [-0.4, -0.2) is 24.9 Å². The van der Waals surface area contributed by atoms with Crippen molar-refractivity contribution in [2.45, 2.75) is 26.8 Å². The topological polar surface area (TPSA) is 41.5 Å². The van der Waals surface area contributed by atoms with E-state index in [4.69, 9.17) is 9.84 Å². The Labute approximate surface area is 104 Å². The van der Waals surface area contributed by atoms with Crippen LogP contribution in [0.25, 0.3) is 0 Å². The quantitative estimate of drug-likeness (QED) is 0.728. The molecule has 1 aromatic carbocycles. The molecular formula is C14H23NO2. The van der Waals surface area contributed by atoms with Gasteiger partial charge in [0.05, 0.1) is 6.61 Å². The van der Waals surface area contributed by atoms with Crippen LogP contribution in [0.4, 0.5) is 0 Å². The summed E-state index contributed by atoms with van der Waals surface area (Å²) in [5.74, 6) is 1.46. The molecule has 96 valence electrons. The van der Waals surface area contributed by atoms with E-state index in [-0.39, 0.29) is 6.61 Å². The van der Waals surface area contributed by atoms with Gasteiger partial charge in [-0.1, -0.05) is 25.1 Å². The third-order valence-corrected chi connectivity index (χ3v) is 2.70. The highest BCUT2D eigenvalue weighted by molar-refractivity contribution is 5.33. The maximum Gasteiger partial charge on any atom is 0.123 e. The first-order valence-corrected chi connectivity index (χ1v) is 6.30. The van der Waals surface area contributed by atoms with Crippen molar-refractivity contribution in [3.05, 3.63) is 29.8 Å². The molecule has 1 atom stereocenters. The van der Waals surface area contributed by atoms with Gasteiger partial charge in [0.15, 0.2) is 0 Å². The van der Waals surface area contributed by atoms with Crippen molar-refractivity contribution in [3.63, 3.8) is 0 Å².